The molecular formula is C15H10ClNOS. The van der Waals surface area contributed by atoms with Crippen molar-refractivity contribution in [2.45, 2.75) is 10.9 Å². The maximum atomic E-state index is 12.4. The van der Waals surface area contributed by atoms with Crippen LogP contribution in [0.3, 0.4) is 0 Å². The van der Waals surface area contributed by atoms with Crippen LogP contribution >= 0.6 is 23.4 Å². The van der Waals surface area contributed by atoms with Crippen molar-refractivity contribution in [1.29, 1.82) is 0 Å². The number of thioether (sulfide) groups is 1. The predicted octanol–water partition coefficient (Wildman–Crippen LogP) is 3.95. The molecule has 94 valence electrons. The highest BCUT2D eigenvalue weighted by Gasteiger charge is 2.40. The van der Waals surface area contributed by atoms with Gasteiger partial charge in [0.2, 0.25) is 0 Å². The number of amides is 1. The van der Waals surface area contributed by atoms with Crippen LogP contribution in [0.4, 0.5) is 0 Å². The van der Waals surface area contributed by atoms with Crippen molar-refractivity contribution in [2.75, 3.05) is 5.88 Å². The molecular weight excluding hydrogens is 278 g/mol. The van der Waals surface area contributed by atoms with E-state index in [1.807, 2.05) is 47.4 Å². The minimum Gasteiger partial charge on any atom is -0.318 e. The topological polar surface area (TPSA) is 20.3 Å². The number of carbonyl (C=O) groups is 1. The monoisotopic (exact) mass is 287 g/mol. The van der Waals surface area contributed by atoms with Gasteiger partial charge in [-0.3, -0.25) is 4.79 Å². The van der Waals surface area contributed by atoms with Crippen molar-refractivity contribution in [1.82, 2.24) is 4.90 Å². The molecule has 2 aliphatic heterocycles. The fourth-order valence-electron chi connectivity index (χ4n) is 2.84. The summed E-state index contributed by atoms with van der Waals surface area (Å²) in [6, 6.07) is 13.9. The highest BCUT2D eigenvalue weighted by atomic mass is 35.5. The number of nitrogens with zero attached hydrogens (tertiary/aromatic N) is 1. The third-order valence-corrected chi connectivity index (χ3v) is 4.99. The van der Waals surface area contributed by atoms with Gasteiger partial charge in [-0.2, -0.15) is 0 Å². The van der Waals surface area contributed by atoms with Gasteiger partial charge in [-0.25, -0.2) is 0 Å². The van der Waals surface area contributed by atoms with Crippen LogP contribution in [0.5, 0.6) is 0 Å². The number of hydrogen-bond acceptors (Lipinski definition) is 2. The molecule has 0 spiro atoms. The Morgan fingerprint density at radius 3 is 2.89 bits per heavy atom. The summed E-state index contributed by atoms with van der Waals surface area (Å²) in [6.45, 7) is 0. The normalized spacial score (nSPS) is 19.9. The van der Waals surface area contributed by atoms with Gasteiger partial charge in [-0.1, -0.05) is 35.9 Å². The first-order valence-corrected chi connectivity index (χ1v) is 7.44. The first-order chi connectivity index (χ1) is 9.25. The zero-order chi connectivity index (χ0) is 13.0. The number of benzene rings is 2. The summed E-state index contributed by atoms with van der Waals surface area (Å²) in [7, 11) is 0. The Bertz CT molecular complexity index is 700. The maximum absolute atomic E-state index is 12.4. The van der Waals surface area contributed by atoms with Gasteiger partial charge < -0.3 is 4.90 Å². The third-order valence-electron chi connectivity index (χ3n) is 3.69. The summed E-state index contributed by atoms with van der Waals surface area (Å²) in [5, 5.41) is 0.748. The minimum atomic E-state index is 0.0530. The van der Waals surface area contributed by atoms with Gasteiger partial charge in [0.25, 0.3) is 5.91 Å². The average Bonchev–Trinajstić information content (AvgIpc) is 2.73. The van der Waals surface area contributed by atoms with Gasteiger partial charge in [0, 0.05) is 15.5 Å². The standard InChI is InChI=1S/C15H10ClNOS/c16-9-5-6-12-13(7-9)19-8-17-14(12)10-3-1-2-4-11(10)15(17)18/h1-7,14H,8H2. The van der Waals surface area contributed by atoms with E-state index in [9.17, 15) is 4.79 Å². The van der Waals surface area contributed by atoms with E-state index in [1.165, 1.54) is 10.5 Å². The Hall–Kier alpha value is -1.45. The summed E-state index contributed by atoms with van der Waals surface area (Å²) >= 11 is 7.73. The molecule has 2 heterocycles. The van der Waals surface area contributed by atoms with Crippen molar-refractivity contribution in [3.8, 4) is 0 Å². The molecule has 2 aromatic rings. The molecule has 0 fully saturated rings. The zero-order valence-corrected chi connectivity index (χ0v) is 11.5. The number of rotatable bonds is 0. The molecule has 0 radical (unpaired) electrons. The molecule has 4 heteroatoms. The van der Waals surface area contributed by atoms with Gasteiger partial charge in [0.1, 0.15) is 0 Å². The summed E-state index contributed by atoms with van der Waals surface area (Å²) in [5.41, 5.74) is 3.12. The van der Waals surface area contributed by atoms with Crippen LogP contribution in [-0.2, 0) is 0 Å². The molecule has 0 bridgehead atoms. The quantitative estimate of drug-likeness (QED) is 0.731. The highest BCUT2D eigenvalue weighted by molar-refractivity contribution is 7.99. The van der Waals surface area contributed by atoms with Crippen LogP contribution < -0.4 is 0 Å². The lowest BCUT2D eigenvalue weighted by Gasteiger charge is -2.31. The minimum absolute atomic E-state index is 0.0530. The molecule has 0 N–H and O–H groups in total. The van der Waals surface area contributed by atoms with Gasteiger partial charge in [-0.05, 0) is 29.3 Å². The van der Waals surface area contributed by atoms with E-state index in [-0.39, 0.29) is 11.9 Å². The van der Waals surface area contributed by atoms with Crippen LogP contribution in [0, 0.1) is 0 Å². The Labute approximate surface area is 120 Å². The third kappa shape index (κ3) is 1.55. The lowest BCUT2D eigenvalue weighted by atomic mass is 9.98. The van der Waals surface area contributed by atoms with Gasteiger partial charge >= 0.3 is 0 Å². The molecule has 2 nitrogen and oxygen atoms in total. The van der Waals surface area contributed by atoms with Crippen molar-refractivity contribution in [3.63, 3.8) is 0 Å². The number of fused-ring (bicyclic) bond motifs is 5. The summed E-state index contributed by atoms with van der Waals surface area (Å²) in [5.74, 6) is 0.819. The Morgan fingerprint density at radius 2 is 2.00 bits per heavy atom. The lowest BCUT2D eigenvalue weighted by molar-refractivity contribution is 0.0779. The molecule has 2 aliphatic rings. The molecule has 1 atom stereocenters. The van der Waals surface area contributed by atoms with Gasteiger partial charge in [-0.15, -0.1) is 11.8 Å². The molecule has 4 rings (SSSR count). The zero-order valence-electron chi connectivity index (χ0n) is 9.97. The Balaban J connectivity index is 1.95. The van der Waals surface area contributed by atoms with Crippen LogP contribution in [0.15, 0.2) is 47.4 Å². The molecule has 19 heavy (non-hydrogen) atoms. The molecule has 1 unspecified atom stereocenters. The number of carbonyl (C=O) groups excluding carboxylic acids is 1. The van der Waals surface area contributed by atoms with Crippen LogP contribution in [0.2, 0.25) is 5.02 Å². The van der Waals surface area contributed by atoms with Crippen LogP contribution in [0.1, 0.15) is 27.5 Å². The summed E-state index contributed by atoms with van der Waals surface area (Å²) in [6.07, 6.45) is 0. The second kappa shape index (κ2) is 4.02. The summed E-state index contributed by atoms with van der Waals surface area (Å²) in [4.78, 5) is 15.5. The maximum Gasteiger partial charge on any atom is 0.255 e. The predicted molar refractivity (Wildman–Crippen MR) is 76.6 cm³/mol. The molecule has 0 aromatic heterocycles. The van der Waals surface area contributed by atoms with E-state index < -0.39 is 0 Å². The van der Waals surface area contributed by atoms with E-state index in [0.717, 1.165) is 16.1 Å². The lowest BCUT2D eigenvalue weighted by Crippen LogP contribution is -2.31. The van der Waals surface area contributed by atoms with E-state index in [0.29, 0.717) is 5.88 Å². The summed E-state index contributed by atoms with van der Waals surface area (Å²) < 4.78 is 0. The largest absolute Gasteiger partial charge is 0.318 e. The van der Waals surface area contributed by atoms with Crippen molar-refractivity contribution < 1.29 is 4.79 Å². The molecule has 0 saturated heterocycles. The van der Waals surface area contributed by atoms with Crippen molar-refractivity contribution >= 4 is 29.3 Å². The van der Waals surface area contributed by atoms with E-state index in [2.05, 4.69) is 0 Å². The fourth-order valence-corrected chi connectivity index (χ4v) is 4.17. The number of halogens is 1. The van der Waals surface area contributed by atoms with Crippen molar-refractivity contribution in [2.24, 2.45) is 0 Å². The average molecular weight is 288 g/mol. The van der Waals surface area contributed by atoms with E-state index in [1.54, 1.807) is 11.8 Å². The van der Waals surface area contributed by atoms with Crippen molar-refractivity contribution in [3.05, 3.63) is 64.2 Å². The van der Waals surface area contributed by atoms with E-state index >= 15 is 0 Å². The molecule has 0 saturated carbocycles. The Morgan fingerprint density at radius 1 is 1.16 bits per heavy atom. The molecule has 2 aromatic carbocycles. The van der Waals surface area contributed by atoms with Crippen LogP contribution in [0.25, 0.3) is 0 Å². The fraction of sp³-hybridized carbons (Fsp3) is 0.133. The Kier molecular flexibility index (Phi) is 2.41. The SMILES string of the molecule is O=C1c2ccccc2C2c3ccc(Cl)cc3SCN12. The molecule has 1 amide bonds. The molecule has 0 aliphatic carbocycles. The van der Waals surface area contributed by atoms with Crippen LogP contribution in [-0.4, -0.2) is 16.7 Å². The van der Waals surface area contributed by atoms with Gasteiger partial charge in [0.15, 0.2) is 0 Å². The van der Waals surface area contributed by atoms with Gasteiger partial charge in [0.05, 0.1) is 11.9 Å². The first-order valence-electron chi connectivity index (χ1n) is 6.08. The number of hydrogen-bond donors (Lipinski definition) is 0. The van der Waals surface area contributed by atoms with E-state index in [4.69, 9.17) is 11.6 Å². The highest BCUT2D eigenvalue weighted by Crippen LogP contribution is 2.47. The first kappa shape index (κ1) is 11.4. The second-order valence-corrected chi connectivity index (χ2v) is 6.14. The smallest absolute Gasteiger partial charge is 0.255 e. The second-order valence-electron chi connectivity index (χ2n) is 4.72.